The summed E-state index contributed by atoms with van der Waals surface area (Å²) in [6, 6.07) is -3.99. The molecular weight excluding hydrogens is 960 g/mol. The van der Waals surface area contributed by atoms with Crippen LogP contribution in [0.2, 0.25) is 0 Å². The highest BCUT2D eigenvalue weighted by atomic mass is 32.2. The van der Waals surface area contributed by atoms with Gasteiger partial charge in [-0.1, -0.05) is 6.92 Å². The lowest BCUT2D eigenvalue weighted by Gasteiger charge is -2.28. The molecule has 0 aromatic rings. The lowest BCUT2D eigenvalue weighted by molar-refractivity contribution is -0.152. The van der Waals surface area contributed by atoms with Gasteiger partial charge in [0.25, 0.3) is 5.91 Å². The minimum Gasteiger partial charge on any atom is -0.480 e. The first-order valence-electron chi connectivity index (χ1n) is 21.2. The van der Waals surface area contributed by atoms with Crippen LogP contribution >= 0.6 is 11.8 Å². The molecule has 0 saturated heterocycles. The van der Waals surface area contributed by atoms with Crippen molar-refractivity contribution in [2.75, 3.05) is 38.5 Å². The van der Waals surface area contributed by atoms with Crippen LogP contribution in [-0.2, 0) is 57.5 Å². The van der Waals surface area contributed by atoms with Gasteiger partial charge < -0.3 is 41.8 Å². The number of carboxylic acids is 4. The number of amides is 8. The fourth-order valence-corrected chi connectivity index (χ4v) is 6.94. The smallest absolute Gasteiger partial charge is 0.326 e. The molecular formula is C39H59FN12O17S. The van der Waals surface area contributed by atoms with Crippen LogP contribution < -0.4 is 42.5 Å². The average Bonchev–Trinajstić information content (AvgIpc) is 3.27. The van der Waals surface area contributed by atoms with Crippen LogP contribution in [0.15, 0.2) is 5.16 Å². The van der Waals surface area contributed by atoms with E-state index in [2.05, 4.69) is 26.4 Å². The number of halogens is 1. The minimum absolute atomic E-state index is 0.0719. The highest BCUT2D eigenvalue weighted by Gasteiger charge is 2.47. The molecule has 0 bridgehead atoms. The normalized spacial score (nSPS) is 14.0. The van der Waals surface area contributed by atoms with Crippen LogP contribution in [0.3, 0.4) is 0 Å². The van der Waals surface area contributed by atoms with E-state index < -0.39 is 144 Å². The van der Waals surface area contributed by atoms with Gasteiger partial charge >= 0.3 is 23.9 Å². The third-order valence-corrected chi connectivity index (χ3v) is 10.8. The van der Waals surface area contributed by atoms with Gasteiger partial charge in [-0.05, 0) is 38.5 Å². The summed E-state index contributed by atoms with van der Waals surface area (Å²) in [7, 11) is 0. The summed E-state index contributed by atoms with van der Waals surface area (Å²) in [4.78, 5) is 155. The summed E-state index contributed by atoms with van der Waals surface area (Å²) < 4.78 is 13.0. The van der Waals surface area contributed by atoms with Crippen LogP contribution in [0.1, 0.15) is 64.7 Å². The van der Waals surface area contributed by atoms with Crippen molar-refractivity contribution in [1.29, 1.82) is 16.2 Å². The first-order valence-corrected chi connectivity index (χ1v) is 22.2. The molecule has 0 spiro atoms. The number of thioether (sulfide) groups is 1. The fourth-order valence-electron chi connectivity index (χ4n) is 6.09. The maximum Gasteiger partial charge on any atom is 0.326 e. The van der Waals surface area contributed by atoms with Crippen molar-refractivity contribution in [2.45, 2.75) is 88.1 Å². The molecule has 0 aliphatic carbocycles. The number of rotatable bonds is 38. The SMILES string of the molecule is CC(C(=O)NC(=O)CCCC(NCC=NO)C(=O)O)C(C(=O)NC(=O)C(SCCNCC=N)C(=O)O)C(C(=O)NC(=O)CCCC(NCC=N)C(=O)O)C(=O)NC(=O)CCCC(NCC(=N)F)C(=O)O. The Bertz CT molecular complexity index is 1940. The Morgan fingerprint density at radius 2 is 1.04 bits per heavy atom. The van der Waals surface area contributed by atoms with E-state index in [1.54, 1.807) is 10.6 Å². The van der Waals surface area contributed by atoms with Crippen molar-refractivity contribution in [1.82, 2.24) is 42.5 Å². The summed E-state index contributed by atoms with van der Waals surface area (Å²) >= 11 is 0.496. The third kappa shape index (κ3) is 26.0. The number of carbonyl (C=O) groups is 12. The number of nitrogens with one attached hydrogen (secondary N) is 11. The molecule has 0 aromatic carbocycles. The van der Waals surface area contributed by atoms with E-state index in [1.807, 2.05) is 10.6 Å². The van der Waals surface area contributed by atoms with E-state index in [0.717, 1.165) is 25.6 Å². The molecule has 0 rings (SSSR count). The van der Waals surface area contributed by atoms with Crippen molar-refractivity contribution < 1.29 is 87.6 Å². The second-order valence-electron chi connectivity index (χ2n) is 14.8. The third-order valence-electron chi connectivity index (χ3n) is 9.58. The van der Waals surface area contributed by atoms with E-state index in [9.17, 15) is 82.4 Å². The van der Waals surface area contributed by atoms with E-state index in [1.165, 1.54) is 0 Å². The Morgan fingerprint density at radius 3 is 1.46 bits per heavy atom. The summed E-state index contributed by atoms with van der Waals surface area (Å²) in [6.45, 7) is -0.0685. The fraction of sp³-hybridized carbons (Fsp3) is 0.590. The maximum absolute atomic E-state index is 14.1. The Balaban J connectivity index is 7.06. The van der Waals surface area contributed by atoms with Gasteiger partial charge in [0.1, 0.15) is 24.0 Å². The Kier molecular flexibility index (Phi) is 31.7. The molecule has 0 saturated carbocycles. The van der Waals surface area contributed by atoms with E-state index in [4.69, 9.17) is 21.4 Å². The predicted molar refractivity (Wildman–Crippen MR) is 242 cm³/mol. The number of hydrogen-bond acceptors (Lipinski definition) is 22. The molecule has 0 heterocycles. The zero-order valence-electron chi connectivity index (χ0n) is 37.7. The zero-order chi connectivity index (χ0) is 53.3. The average molecular weight is 1020 g/mol. The topological polar surface area (TPSA) is 486 Å². The van der Waals surface area contributed by atoms with Gasteiger partial charge in [-0.25, -0.2) is 0 Å². The molecule has 8 amide bonds. The monoisotopic (exact) mass is 1020 g/mol. The lowest BCUT2D eigenvalue weighted by Crippen LogP contribution is -2.56. The first kappa shape index (κ1) is 63.0. The van der Waals surface area contributed by atoms with Gasteiger partial charge in [0, 0.05) is 69.5 Å². The largest absolute Gasteiger partial charge is 0.480 e. The molecule has 29 nitrogen and oxygen atoms in total. The summed E-state index contributed by atoms with van der Waals surface area (Å²) in [5.74, 6) is -26.3. The number of oxime groups is 1. The predicted octanol–water partition coefficient (Wildman–Crippen LogP) is -3.45. The molecule has 0 aliphatic heterocycles. The van der Waals surface area contributed by atoms with Crippen LogP contribution in [0.4, 0.5) is 4.39 Å². The summed E-state index contributed by atoms with van der Waals surface area (Å²) in [5.41, 5.74) is 0. The summed E-state index contributed by atoms with van der Waals surface area (Å²) in [5, 5.41) is 85.6. The first-order chi connectivity index (χ1) is 33.0. The number of carbonyl (C=O) groups excluding carboxylic acids is 8. The Labute approximate surface area is 402 Å². The molecule has 390 valence electrons. The summed E-state index contributed by atoms with van der Waals surface area (Å²) in [6.07, 6.45) is -0.620. The molecule has 7 atom stereocenters. The second kappa shape index (κ2) is 35.2. The highest BCUT2D eigenvalue weighted by Crippen LogP contribution is 2.25. The van der Waals surface area contributed by atoms with Crippen LogP contribution in [-0.4, -0.2) is 183 Å². The molecule has 0 aromatic heterocycles. The van der Waals surface area contributed by atoms with Crippen LogP contribution in [0.5, 0.6) is 0 Å². The molecule has 31 heteroatoms. The molecule has 0 aliphatic rings. The van der Waals surface area contributed by atoms with Gasteiger partial charge in [0.15, 0.2) is 11.2 Å². The van der Waals surface area contributed by atoms with E-state index in [0.29, 0.717) is 11.8 Å². The van der Waals surface area contributed by atoms with Gasteiger partial charge in [-0.3, -0.25) is 100 Å². The Morgan fingerprint density at radius 1 is 0.600 bits per heavy atom. The van der Waals surface area contributed by atoms with Crippen molar-refractivity contribution in [3.05, 3.63) is 0 Å². The maximum atomic E-state index is 14.1. The Hall–Kier alpha value is -6.96. The van der Waals surface area contributed by atoms with Crippen LogP contribution in [0, 0.1) is 34.0 Å². The lowest BCUT2D eigenvalue weighted by atomic mass is 9.79. The van der Waals surface area contributed by atoms with Crippen LogP contribution in [0.25, 0.3) is 0 Å². The van der Waals surface area contributed by atoms with Crippen molar-refractivity contribution in [3.63, 3.8) is 0 Å². The molecule has 0 radical (unpaired) electrons. The molecule has 70 heavy (non-hydrogen) atoms. The van der Waals surface area contributed by atoms with Gasteiger partial charge in [0.2, 0.25) is 41.4 Å². The van der Waals surface area contributed by atoms with E-state index >= 15 is 0 Å². The van der Waals surface area contributed by atoms with Crippen molar-refractivity contribution in [3.8, 4) is 0 Å². The standard InChI is InChI=1S/C39H59FN12O17S/c1-20(31(56)49-25(53)8-3-6-22(37(63)64)46-15-16-48-69)28(32(57)52-35(60)30(39(67)68)70-18-17-44-13-11-41)29(33(58)50-26(54)9-2-5-21(36(61)62)45-14-12-42)34(59)51-27(55)10-4-7-23(38(65)66)47-19-24(40)43/h11-12,16,20-23,28-30,41-47,69H,2-10,13-15,17-19H2,1H3,(H,61,62)(H,63,64)(H,65,66)(H,67,68)(H,49,53,56)(H,50,54,58)(H,51,55,59)(H,52,57,60). The molecule has 7 unspecified atom stereocenters. The van der Waals surface area contributed by atoms with E-state index in [-0.39, 0.29) is 70.5 Å². The molecule has 0 fully saturated rings. The highest BCUT2D eigenvalue weighted by molar-refractivity contribution is 8.01. The van der Waals surface area contributed by atoms with Crippen molar-refractivity contribution >= 4 is 108 Å². The molecule has 16 N–H and O–H groups in total. The number of aliphatic carboxylic acids is 4. The number of hydrogen-bond donors (Lipinski definition) is 16. The zero-order valence-corrected chi connectivity index (χ0v) is 38.6. The second-order valence-corrected chi connectivity index (χ2v) is 16.0. The van der Waals surface area contributed by atoms with Gasteiger partial charge in [0.05, 0.1) is 18.7 Å². The number of imide groups is 4. The minimum atomic E-state index is -2.67. The number of carboxylic acid groups (broad SMARTS) is 4. The van der Waals surface area contributed by atoms with Crippen molar-refractivity contribution in [2.24, 2.45) is 22.9 Å². The van der Waals surface area contributed by atoms with Gasteiger partial charge in [-0.2, -0.15) is 4.39 Å². The quantitative estimate of drug-likeness (QED) is 0.00940. The van der Waals surface area contributed by atoms with Gasteiger partial charge in [-0.15, -0.1) is 16.9 Å². The number of nitrogens with zero attached hydrogens (tertiary/aromatic N) is 1.